The molecule has 9 heteroatoms. The highest BCUT2D eigenvalue weighted by Crippen LogP contribution is 2.26. The topological polar surface area (TPSA) is 83.9 Å². The molecule has 1 aromatic heterocycles. The predicted octanol–water partition coefficient (Wildman–Crippen LogP) is 4.33. The van der Waals surface area contributed by atoms with E-state index >= 15 is 0 Å². The molecule has 34 heavy (non-hydrogen) atoms. The number of methoxy groups -OCH3 is 2. The van der Waals surface area contributed by atoms with Gasteiger partial charge in [-0.1, -0.05) is 24.3 Å². The number of aryl methyl sites for hydroxylation is 2. The molecule has 0 spiro atoms. The molecule has 0 bridgehead atoms. The van der Waals surface area contributed by atoms with Gasteiger partial charge in [-0.15, -0.1) is 0 Å². The van der Waals surface area contributed by atoms with Crippen LogP contribution in [0.15, 0.2) is 53.5 Å². The van der Waals surface area contributed by atoms with Crippen molar-refractivity contribution >= 4 is 34.9 Å². The van der Waals surface area contributed by atoms with Crippen molar-refractivity contribution in [3.63, 3.8) is 0 Å². The fraction of sp³-hybridized carbons (Fsp3) is 0.280. The molecule has 1 aliphatic rings. The summed E-state index contributed by atoms with van der Waals surface area (Å²) in [7, 11) is 3.21. The van der Waals surface area contributed by atoms with Crippen molar-refractivity contribution < 1.29 is 9.47 Å². The summed E-state index contributed by atoms with van der Waals surface area (Å²) in [6, 6.07) is 15.9. The van der Waals surface area contributed by atoms with Gasteiger partial charge in [0.05, 0.1) is 14.2 Å². The van der Waals surface area contributed by atoms with Crippen molar-refractivity contribution in [1.29, 1.82) is 0 Å². The van der Waals surface area contributed by atoms with Gasteiger partial charge in [-0.05, 0) is 49.7 Å². The zero-order chi connectivity index (χ0) is 24.1. The van der Waals surface area contributed by atoms with Crippen LogP contribution in [-0.2, 0) is 13.0 Å². The van der Waals surface area contributed by atoms with Crippen molar-refractivity contribution in [3.8, 4) is 11.5 Å². The molecule has 0 amide bonds. The van der Waals surface area contributed by atoms with E-state index in [1.807, 2.05) is 32.0 Å². The van der Waals surface area contributed by atoms with Gasteiger partial charge < -0.3 is 19.7 Å². The van der Waals surface area contributed by atoms with E-state index in [0.717, 1.165) is 30.0 Å². The van der Waals surface area contributed by atoms with E-state index in [1.54, 1.807) is 20.3 Å². The number of guanidine groups is 1. The molecule has 1 aliphatic heterocycles. The molecule has 3 aromatic rings. The summed E-state index contributed by atoms with van der Waals surface area (Å²) in [5, 5.41) is 6.76. The smallest absolute Gasteiger partial charge is 0.229 e. The van der Waals surface area contributed by atoms with Crippen LogP contribution in [-0.4, -0.2) is 46.7 Å². The number of hydrogen-bond acceptors (Lipinski definition) is 5. The Morgan fingerprint density at radius 2 is 1.59 bits per heavy atom. The predicted molar refractivity (Wildman–Crippen MR) is 139 cm³/mol. The fourth-order valence-corrected chi connectivity index (χ4v) is 4.07. The van der Waals surface area contributed by atoms with E-state index < -0.39 is 0 Å². The molecule has 0 unspecified atom stereocenters. The molecule has 0 aliphatic carbocycles. The molecule has 0 fully saturated rings. The number of anilines is 2. The minimum Gasteiger partial charge on any atom is -0.497 e. The zero-order valence-corrected chi connectivity index (χ0v) is 20.6. The van der Waals surface area contributed by atoms with Crippen LogP contribution < -0.4 is 20.1 Å². The lowest BCUT2D eigenvalue weighted by molar-refractivity contribution is 0.393. The summed E-state index contributed by atoms with van der Waals surface area (Å²) in [6.07, 6.45) is 0.915. The normalized spacial score (nSPS) is 13.2. The molecule has 2 N–H and O–H groups in total. The summed E-state index contributed by atoms with van der Waals surface area (Å²) in [5.74, 6) is 2.39. The van der Waals surface area contributed by atoms with Crippen molar-refractivity contribution in [1.82, 2.24) is 14.9 Å². The number of nitrogens with zero attached hydrogens (tertiary/aromatic N) is 4. The van der Waals surface area contributed by atoms with E-state index in [-0.39, 0.29) is 0 Å². The average Bonchev–Trinajstić information content (AvgIpc) is 2.82. The van der Waals surface area contributed by atoms with Crippen molar-refractivity contribution in [2.45, 2.75) is 26.8 Å². The lowest BCUT2D eigenvalue weighted by Crippen LogP contribution is -2.41. The Labute approximate surface area is 205 Å². The molecule has 4 rings (SSSR count). The summed E-state index contributed by atoms with van der Waals surface area (Å²) >= 11 is 5.60. The summed E-state index contributed by atoms with van der Waals surface area (Å²) in [4.78, 5) is 15.9. The SMILES string of the molecule is COc1cc(NC(=S)/N=C(/Nc2nc(C)cc(C)n2)N2CCc3ccccc3C2)cc(OC)c1. The maximum atomic E-state index is 5.60. The molecule has 2 heterocycles. The number of aliphatic imine (C=N–C) groups is 1. The summed E-state index contributed by atoms with van der Waals surface area (Å²) < 4.78 is 10.7. The van der Waals surface area contributed by atoms with Crippen molar-refractivity contribution in [2.75, 3.05) is 31.4 Å². The first-order valence-corrected chi connectivity index (χ1v) is 11.4. The third-order valence-electron chi connectivity index (χ3n) is 5.45. The third-order valence-corrected chi connectivity index (χ3v) is 5.64. The fourth-order valence-electron chi connectivity index (χ4n) is 3.86. The van der Waals surface area contributed by atoms with Crippen LogP contribution in [0, 0.1) is 13.8 Å². The van der Waals surface area contributed by atoms with Crippen LogP contribution in [0.2, 0.25) is 0 Å². The standard InChI is InChI=1S/C25H28N6O2S/c1-16-11-17(2)27-23(26-16)29-24(31-10-9-18-7-5-6-8-19(18)15-31)30-25(34)28-20-12-21(32-3)14-22(13-20)33-4/h5-8,11-14H,9-10,15H2,1-4H3,(H2,26,27,28,29,30,34). The molecule has 0 saturated heterocycles. The van der Waals surface area contributed by atoms with E-state index in [0.29, 0.717) is 35.1 Å². The van der Waals surface area contributed by atoms with Gasteiger partial charge >= 0.3 is 0 Å². The van der Waals surface area contributed by atoms with E-state index in [9.17, 15) is 0 Å². The van der Waals surface area contributed by atoms with Gasteiger partial charge in [0.1, 0.15) is 11.5 Å². The van der Waals surface area contributed by atoms with Crippen LogP contribution in [0.25, 0.3) is 0 Å². The zero-order valence-electron chi connectivity index (χ0n) is 19.8. The second kappa shape index (κ2) is 10.5. The van der Waals surface area contributed by atoms with Crippen LogP contribution >= 0.6 is 12.2 Å². The van der Waals surface area contributed by atoms with Crippen molar-refractivity contribution in [3.05, 3.63) is 71.0 Å². The highest BCUT2D eigenvalue weighted by atomic mass is 32.1. The molecular weight excluding hydrogens is 448 g/mol. The van der Waals surface area contributed by atoms with Gasteiger partial charge in [-0.2, -0.15) is 4.99 Å². The second-order valence-corrected chi connectivity index (χ2v) is 8.39. The molecular formula is C25H28N6O2S. The Morgan fingerprint density at radius 3 is 2.24 bits per heavy atom. The monoisotopic (exact) mass is 476 g/mol. The van der Waals surface area contributed by atoms with Gasteiger partial charge in [0.2, 0.25) is 17.0 Å². The maximum absolute atomic E-state index is 5.60. The molecule has 2 aromatic carbocycles. The Morgan fingerprint density at radius 1 is 0.941 bits per heavy atom. The second-order valence-electron chi connectivity index (χ2n) is 8.01. The average molecular weight is 477 g/mol. The number of nitrogens with one attached hydrogen (secondary N) is 2. The number of thiocarbonyl (C=S) groups is 1. The number of fused-ring (bicyclic) bond motifs is 1. The van der Waals surface area contributed by atoms with Crippen LogP contribution in [0.5, 0.6) is 11.5 Å². The first-order valence-electron chi connectivity index (χ1n) is 11.0. The Balaban J connectivity index is 1.62. The minimum absolute atomic E-state index is 0.293. The first-order chi connectivity index (χ1) is 16.4. The molecule has 0 radical (unpaired) electrons. The largest absolute Gasteiger partial charge is 0.497 e. The van der Waals surface area contributed by atoms with Crippen LogP contribution in [0.1, 0.15) is 22.5 Å². The van der Waals surface area contributed by atoms with E-state index in [4.69, 9.17) is 26.7 Å². The quantitative estimate of drug-likeness (QED) is 0.327. The maximum Gasteiger partial charge on any atom is 0.229 e. The highest BCUT2D eigenvalue weighted by Gasteiger charge is 2.21. The lowest BCUT2D eigenvalue weighted by Gasteiger charge is -2.31. The third kappa shape index (κ3) is 5.79. The Kier molecular flexibility index (Phi) is 7.22. The summed E-state index contributed by atoms with van der Waals surface area (Å²) in [6.45, 7) is 5.39. The Hall–Kier alpha value is -3.72. The summed E-state index contributed by atoms with van der Waals surface area (Å²) in [5.41, 5.74) is 5.09. The number of benzene rings is 2. The first kappa shape index (κ1) is 23.4. The van der Waals surface area contributed by atoms with Gasteiger partial charge in [-0.3, -0.25) is 5.32 Å². The lowest BCUT2D eigenvalue weighted by atomic mass is 10.0. The van der Waals surface area contributed by atoms with Crippen LogP contribution in [0.4, 0.5) is 11.6 Å². The molecule has 0 saturated carbocycles. The number of aromatic nitrogens is 2. The van der Waals surface area contributed by atoms with Gasteiger partial charge in [0.25, 0.3) is 0 Å². The van der Waals surface area contributed by atoms with Crippen LogP contribution in [0.3, 0.4) is 0 Å². The minimum atomic E-state index is 0.293. The molecule has 176 valence electrons. The van der Waals surface area contributed by atoms with Crippen molar-refractivity contribution in [2.24, 2.45) is 4.99 Å². The number of ether oxygens (including phenoxy) is 2. The molecule has 8 nitrogen and oxygen atoms in total. The molecule has 0 atom stereocenters. The number of hydrogen-bond donors (Lipinski definition) is 2. The van der Waals surface area contributed by atoms with Gasteiger partial charge in [0.15, 0.2) is 0 Å². The van der Waals surface area contributed by atoms with Gasteiger partial charge in [-0.25, -0.2) is 9.97 Å². The number of rotatable bonds is 4. The Bertz CT molecular complexity index is 1190. The van der Waals surface area contributed by atoms with E-state index in [1.165, 1.54) is 11.1 Å². The highest BCUT2D eigenvalue weighted by molar-refractivity contribution is 7.80. The van der Waals surface area contributed by atoms with Gasteiger partial charge in [0, 0.05) is 48.4 Å². The van der Waals surface area contributed by atoms with E-state index in [2.05, 4.69) is 49.8 Å².